The Morgan fingerprint density at radius 2 is 2.05 bits per heavy atom. The van der Waals surface area contributed by atoms with Crippen LogP contribution in [0.15, 0.2) is 0 Å². The van der Waals surface area contributed by atoms with Gasteiger partial charge in [0.1, 0.15) is 5.54 Å². The molecule has 110 valence electrons. The first-order chi connectivity index (χ1) is 9.09. The summed E-state index contributed by atoms with van der Waals surface area (Å²) in [6.45, 7) is 7.30. The number of likely N-dealkylation sites (N-methyl/N-ethyl adjacent to an activating group) is 1. The second-order valence-corrected chi connectivity index (χ2v) is 5.99. The average Bonchev–Trinajstić information content (AvgIpc) is 3.07. The first kappa shape index (κ1) is 14.8. The number of hydrogen-bond donors (Lipinski definition) is 1. The number of esters is 1. The Kier molecular flexibility index (Phi) is 4.81. The first-order valence-corrected chi connectivity index (χ1v) is 7.33. The van der Waals surface area contributed by atoms with Gasteiger partial charge in [-0.3, -0.25) is 14.6 Å². The van der Waals surface area contributed by atoms with Gasteiger partial charge in [-0.2, -0.15) is 0 Å². The summed E-state index contributed by atoms with van der Waals surface area (Å²) in [7, 11) is 3.28. The lowest BCUT2D eigenvalue weighted by Gasteiger charge is -2.31. The van der Waals surface area contributed by atoms with Crippen molar-refractivity contribution in [2.75, 3.05) is 46.9 Å². The summed E-state index contributed by atoms with van der Waals surface area (Å²) in [4.78, 5) is 16.9. The summed E-state index contributed by atoms with van der Waals surface area (Å²) < 4.78 is 4.90. The molecule has 2 heterocycles. The maximum Gasteiger partial charge on any atom is 0.327 e. The van der Waals surface area contributed by atoms with Crippen LogP contribution < -0.4 is 5.32 Å². The molecule has 2 fully saturated rings. The Bertz CT molecular complexity index is 318. The van der Waals surface area contributed by atoms with Gasteiger partial charge < -0.3 is 10.1 Å². The molecular weight excluding hydrogens is 242 g/mol. The van der Waals surface area contributed by atoms with E-state index in [1.807, 2.05) is 14.0 Å². The number of rotatable bonds is 5. The van der Waals surface area contributed by atoms with E-state index in [9.17, 15) is 4.79 Å². The lowest BCUT2D eigenvalue weighted by atomic mass is 10.0. The second kappa shape index (κ2) is 6.20. The largest absolute Gasteiger partial charge is 0.468 e. The minimum atomic E-state index is -0.603. The number of likely N-dealkylation sites (tertiary alicyclic amines) is 2. The van der Waals surface area contributed by atoms with Crippen LogP contribution in [0.25, 0.3) is 0 Å². The molecule has 0 amide bonds. The molecule has 0 aromatic heterocycles. The van der Waals surface area contributed by atoms with E-state index in [1.54, 1.807) is 0 Å². The van der Waals surface area contributed by atoms with Gasteiger partial charge in [-0.05, 0) is 52.9 Å². The fourth-order valence-electron chi connectivity index (χ4n) is 3.28. The highest BCUT2D eigenvalue weighted by Crippen LogP contribution is 2.22. The number of ether oxygens (including phenoxy) is 1. The molecule has 5 nitrogen and oxygen atoms in total. The molecule has 0 saturated carbocycles. The van der Waals surface area contributed by atoms with Crippen molar-refractivity contribution in [2.24, 2.45) is 0 Å². The maximum absolute atomic E-state index is 11.9. The molecule has 0 aromatic carbocycles. The number of nitrogens with one attached hydrogen (secondary N) is 1. The lowest BCUT2D eigenvalue weighted by molar-refractivity contribution is -0.148. The summed E-state index contributed by atoms with van der Waals surface area (Å²) >= 11 is 0. The Morgan fingerprint density at radius 1 is 1.37 bits per heavy atom. The Balaban J connectivity index is 1.88. The topological polar surface area (TPSA) is 44.8 Å². The predicted molar refractivity (Wildman–Crippen MR) is 75.1 cm³/mol. The fourth-order valence-corrected chi connectivity index (χ4v) is 3.28. The van der Waals surface area contributed by atoms with Crippen molar-refractivity contribution in [2.45, 2.75) is 37.8 Å². The van der Waals surface area contributed by atoms with E-state index in [4.69, 9.17) is 4.74 Å². The van der Waals surface area contributed by atoms with Crippen LogP contribution in [0.2, 0.25) is 0 Å². The Hall–Kier alpha value is -0.650. The van der Waals surface area contributed by atoms with Gasteiger partial charge in [0.25, 0.3) is 0 Å². The number of carbonyl (C=O) groups is 1. The van der Waals surface area contributed by atoms with Crippen LogP contribution in [0.5, 0.6) is 0 Å². The van der Waals surface area contributed by atoms with Gasteiger partial charge in [-0.1, -0.05) is 0 Å². The zero-order chi connectivity index (χ0) is 13.9. The summed E-state index contributed by atoms with van der Waals surface area (Å²) in [5.41, 5.74) is -0.603. The number of methoxy groups -OCH3 is 1. The van der Waals surface area contributed by atoms with Crippen molar-refractivity contribution in [3.05, 3.63) is 0 Å². The van der Waals surface area contributed by atoms with Gasteiger partial charge in [0, 0.05) is 19.1 Å². The van der Waals surface area contributed by atoms with E-state index in [2.05, 4.69) is 15.1 Å². The average molecular weight is 269 g/mol. The third-order valence-electron chi connectivity index (χ3n) is 4.63. The van der Waals surface area contributed by atoms with E-state index in [0.29, 0.717) is 6.04 Å². The van der Waals surface area contributed by atoms with Gasteiger partial charge in [0.2, 0.25) is 0 Å². The molecule has 5 heteroatoms. The highest BCUT2D eigenvalue weighted by Gasteiger charge is 2.38. The van der Waals surface area contributed by atoms with Crippen molar-refractivity contribution in [3.63, 3.8) is 0 Å². The fraction of sp³-hybridized carbons (Fsp3) is 0.929. The molecule has 2 aliphatic heterocycles. The predicted octanol–water partition coefficient (Wildman–Crippen LogP) is 0.308. The molecule has 2 rings (SSSR count). The van der Waals surface area contributed by atoms with Crippen molar-refractivity contribution >= 4 is 5.97 Å². The van der Waals surface area contributed by atoms with Crippen LogP contribution in [-0.2, 0) is 9.53 Å². The van der Waals surface area contributed by atoms with Gasteiger partial charge >= 0.3 is 5.97 Å². The number of nitrogens with zero attached hydrogens (tertiary/aromatic N) is 2. The smallest absolute Gasteiger partial charge is 0.327 e. The minimum absolute atomic E-state index is 0.181. The molecule has 0 radical (unpaired) electrons. The van der Waals surface area contributed by atoms with Crippen molar-refractivity contribution < 1.29 is 9.53 Å². The van der Waals surface area contributed by atoms with Gasteiger partial charge in [0.15, 0.2) is 0 Å². The Labute approximate surface area is 116 Å². The van der Waals surface area contributed by atoms with Crippen molar-refractivity contribution in [1.82, 2.24) is 15.1 Å². The molecule has 2 aliphatic rings. The van der Waals surface area contributed by atoms with Crippen LogP contribution in [-0.4, -0.2) is 74.2 Å². The highest BCUT2D eigenvalue weighted by atomic mass is 16.5. The SMILES string of the molecule is CNC(C)(CN1CCC(N2CCCC2)C1)C(=O)OC. The Morgan fingerprint density at radius 3 is 2.63 bits per heavy atom. The van der Waals surface area contributed by atoms with Crippen molar-refractivity contribution in [3.8, 4) is 0 Å². The zero-order valence-electron chi connectivity index (χ0n) is 12.4. The first-order valence-electron chi connectivity index (χ1n) is 7.33. The minimum Gasteiger partial charge on any atom is -0.468 e. The quantitative estimate of drug-likeness (QED) is 0.728. The summed E-state index contributed by atoms with van der Waals surface area (Å²) in [5.74, 6) is -0.181. The maximum atomic E-state index is 11.9. The summed E-state index contributed by atoms with van der Waals surface area (Å²) in [5, 5.41) is 3.11. The normalized spacial score (nSPS) is 28.5. The molecule has 0 aliphatic carbocycles. The van der Waals surface area contributed by atoms with Crippen LogP contribution >= 0.6 is 0 Å². The van der Waals surface area contributed by atoms with Crippen LogP contribution in [0.1, 0.15) is 26.2 Å². The van der Waals surface area contributed by atoms with Gasteiger partial charge in [-0.25, -0.2) is 0 Å². The second-order valence-electron chi connectivity index (χ2n) is 5.99. The van der Waals surface area contributed by atoms with E-state index < -0.39 is 5.54 Å². The van der Waals surface area contributed by atoms with Crippen LogP contribution in [0.3, 0.4) is 0 Å². The monoisotopic (exact) mass is 269 g/mol. The van der Waals surface area contributed by atoms with Gasteiger partial charge in [0.05, 0.1) is 7.11 Å². The van der Waals surface area contributed by atoms with Gasteiger partial charge in [-0.15, -0.1) is 0 Å². The molecule has 0 bridgehead atoms. The molecule has 1 N–H and O–H groups in total. The number of hydrogen-bond acceptors (Lipinski definition) is 5. The number of carbonyl (C=O) groups excluding carboxylic acids is 1. The van der Waals surface area contributed by atoms with E-state index in [1.165, 1.54) is 39.5 Å². The zero-order valence-corrected chi connectivity index (χ0v) is 12.4. The molecule has 0 spiro atoms. The summed E-state index contributed by atoms with van der Waals surface area (Å²) in [6, 6.07) is 0.682. The lowest BCUT2D eigenvalue weighted by Crippen LogP contribution is -2.56. The molecule has 2 unspecified atom stereocenters. The van der Waals surface area contributed by atoms with Crippen LogP contribution in [0, 0.1) is 0 Å². The van der Waals surface area contributed by atoms with E-state index >= 15 is 0 Å². The third-order valence-corrected chi connectivity index (χ3v) is 4.63. The molecule has 2 saturated heterocycles. The van der Waals surface area contributed by atoms with Crippen LogP contribution in [0.4, 0.5) is 0 Å². The highest BCUT2D eigenvalue weighted by molar-refractivity contribution is 5.80. The molecule has 0 aromatic rings. The van der Waals surface area contributed by atoms with E-state index in [-0.39, 0.29) is 5.97 Å². The summed E-state index contributed by atoms with van der Waals surface area (Å²) in [6.07, 6.45) is 3.90. The third kappa shape index (κ3) is 3.27. The molecule has 2 atom stereocenters. The van der Waals surface area contributed by atoms with E-state index in [0.717, 1.165) is 19.6 Å². The molecule has 19 heavy (non-hydrogen) atoms. The molecular formula is C14H27N3O2. The standard InChI is InChI=1S/C14H27N3O2/c1-14(15-2,13(18)19-3)11-16-9-6-12(10-16)17-7-4-5-8-17/h12,15H,4-11H2,1-3H3. The van der Waals surface area contributed by atoms with Crippen molar-refractivity contribution in [1.29, 1.82) is 0 Å².